The number of nitro groups is 1. The van der Waals surface area contributed by atoms with Crippen LogP contribution in [0.3, 0.4) is 0 Å². The third-order valence-electron chi connectivity index (χ3n) is 3.26. The zero-order chi connectivity index (χ0) is 15.5. The first-order valence-corrected chi connectivity index (χ1v) is 8.73. The van der Waals surface area contributed by atoms with E-state index in [1.165, 1.54) is 31.0 Å². The lowest BCUT2D eigenvalue weighted by atomic mass is 10.2. The van der Waals surface area contributed by atoms with E-state index < -0.39 is 14.8 Å². The van der Waals surface area contributed by atoms with Crippen molar-refractivity contribution in [2.75, 3.05) is 24.7 Å². The lowest BCUT2D eigenvalue weighted by Crippen LogP contribution is -2.20. The van der Waals surface area contributed by atoms with Gasteiger partial charge in [0.25, 0.3) is 0 Å². The number of hydrogen-bond acceptors (Lipinski definition) is 6. The fraction of sp³-hybridized carbons (Fsp3) is 0.538. The second-order valence-electron chi connectivity index (χ2n) is 5.19. The van der Waals surface area contributed by atoms with Gasteiger partial charge in [-0.1, -0.05) is 6.07 Å². The normalized spacial score (nSPS) is 14.9. The Hall–Kier alpha value is -1.67. The van der Waals surface area contributed by atoms with Crippen molar-refractivity contribution in [3.8, 4) is 0 Å². The molecule has 0 saturated heterocycles. The van der Waals surface area contributed by atoms with Crippen molar-refractivity contribution in [1.82, 2.24) is 5.32 Å². The van der Waals surface area contributed by atoms with Crippen molar-refractivity contribution in [1.29, 1.82) is 0 Å². The molecule has 0 aromatic heterocycles. The molecule has 8 heteroatoms. The fourth-order valence-electron chi connectivity index (χ4n) is 2.06. The van der Waals surface area contributed by atoms with E-state index in [2.05, 4.69) is 10.6 Å². The molecule has 0 atom stereocenters. The number of para-hydroxylation sites is 1. The molecule has 1 saturated carbocycles. The van der Waals surface area contributed by atoms with Crippen LogP contribution in [0.1, 0.15) is 19.3 Å². The summed E-state index contributed by atoms with van der Waals surface area (Å²) in [4.78, 5) is 10.3. The van der Waals surface area contributed by atoms with Gasteiger partial charge in [-0.3, -0.25) is 10.1 Å². The van der Waals surface area contributed by atoms with E-state index in [0.29, 0.717) is 12.6 Å². The first-order chi connectivity index (χ1) is 9.89. The van der Waals surface area contributed by atoms with Crippen molar-refractivity contribution < 1.29 is 13.3 Å². The minimum Gasteiger partial charge on any atom is -0.379 e. The molecule has 2 rings (SSSR count). The highest BCUT2D eigenvalue weighted by atomic mass is 32.2. The molecule has 21 heavy (non-hydrogen) atoms. The summed E-state index contributed by atoms with van der Waals surface area (Å²) >= 11 is 0. The number of hydrogen-bond donors (Lipinski definition) is 2. The summed E-state index contributed by atoms with van der Waals surface area (Å²) in [6.07, 6.45) is 4.22. The van der Waals surface area contributed by atoms with Crippen LogP contribution in [0.25, 0.3) is 0 Å². The lowest BCUT2D eigenvalue weighted by molar-refractivity contribution is -0.386. The molecule has 1 aromatic rings. The molecule has 116 valence electrons. The minimum atomic E-state index is -3.63. The standard InChI is InChI=1S/C13H19N3O4S/c1-21(19,20)12-5-2-4-11(13(12)16(17)18)15-9-3-8-14-10-6-7-10/h2,4-5,10,14-15H,3,6-9H2,1H3. The lowest BCUT2D eigenvalue weighted by Gasteiger charge is -2.09. The number of nitro benzene ring substituents is 1. The zero-order valence-corrected chi connectivity index (χ0v) is 12.6. The van der Waals surface area contributed by atoms with E-state index in [1.54, 1.807) is 0 Å². The second-order valence-corrected chi connectivity index (χ2v) is 7.17. The van der Waals surface area contributed by atoms with Gasteiger partial charge in [-0.2, -0.15) is 0 Å². The quantitative estimate of drug-likeness (QED) is 0.429. The van der Waals surface area contributed by atoms with Crippen LogP contribution in [0.5, 0.6) is 0 Å². The molecule has 0 bridgehead atoms. The maximum atomic E-state index is 11.6. The Labute approximate surface area is 123 Å². The molecular formula is C13H19N3O4S. The fourth-order valence-corrected chi connectivity index (χ4v) is 2.92. The van der Waals surface area contributed by atoms with Gasteiger partial charge < -0.3 is 10.6 Å². The maximum Gasteiger partial charge on any atom is 0.310 e. The monoisotopic (exact) mass is 313 g/mol. The van der Waals surface area contributed by atoms with Crippen LogP contribution >= 0.6 is 0 Å². The highest BCUT2D eigenvalue weighted by molar-refractivity contribution is 7.90. The van der Waals surface area contributed by atoms with Crippen molar-refractivity contribution in [3.05, 3.63) is 28.3 Å². The first kappa shape index (κ1) is 15.7. The summed E-state index contributed by atoms with van der Waals surface area (Å²) in [7, 11) is -3.63. The highest BCUT2D eigenvalue weighted by Gasteiger charge is 2.25. The number of rotatable bonds is 8. The van der Waals surface area contributed by atoms with Gasteiger partial charge in [0.2, 0.25) is 0 Å². The number of benzene rings is 1. The van der Waals surface area contributed by atoms with Crippen LogP contribution < -0.4 is 10.6 Å². The van der Waals surface area contributed by atoms with Crippen LogP contribution in [0.4, 0.5) is 11.4 Å². The van der Waals surface area contributed by atoms with Crippen molar-refractivity contribution >= 4 is 21.2 Å². The Morgan fingerprint density at radius 3 is 2.62 bits per heavy atom. The van der Waals surface area contributed by atoms with Crippen LogP contribution in [-0.2, 0) is 9.84 Å². The zero-order valence-electron chi connectivity index (χ0n) is 11.8. The van der Waals surface area contributed by atoms with E-state index in [4.69, 9.17) is 0 Å². The van der Waals surface area contributed by atoms with Gasteiger partial charge in [0.05, 0.1) is 4.92 Å². The van der Waals surface area contributed by atoms with Gasteiger partial charge in [0, 0.05) is 18.8 Å². The molecule has 0 spiro atoms. The summed E-state index contributed by atoms with van der Waals surface area (Å²) in [5, 5.41) is 17.5. The molecule has 0 unspecified atom stereocenters. The molecule has 0 aliphatic heterocycles. The van der Waals surface area contributed by atoms with Crippen molar-refractivity contribution in [2.24, 2.45) is 0 Å². The molecule has 0 heterocycles. The maximum absolute atomic E-state index is 11.6. The summed E-state index contributed by atoms with van der Waals surface area (Å²) in [5.41, 5.74) is -0.135. The molecule has 1 aliphatic carbocycles. The Bertz CT molecular complexity index is 626. The molecule has 7 nitrogen and oxygen atoms in total. The minimum absolute atomic E-state index is 0.245. The number of nitrogens with one attached hydrogen (secondary N) is 2. The average molecular weight is 313 g/mol. The Morgan fingerprint density at radius 2 is 2.05 bits per heavy atom. The molecule has 2 N–H and O–H groups in total. The van der Waals surface area contributed by atoms with Gasteiger partial charge in [-0.15, -0.1) is 0 Å². The Kier molecular flexibility index (Phi) is 4.79. The molecule has 1 fully saturated rings. The molecule has 0 amide bonds. The van der Waals surface area contributed by atoms with Gasteiger partial charge in [0.15, 0.2) is 9.84 Å². The highest BCUT2D eigenvalue weighted by Crippen LogP contribution is 2.31. The van der Waals surface area contributed by atoms with Gasteiger partial charge in [-0.05, 0) is 37.9 Å². The number of nitrogens with zero attached hydrogens (tertiary/aromatic N) is 1. The summed E-state index contributed by atoms with van der Waals surface area (Å²) in [5.74, 6) is 0. The van der Waals surface area contributed by atoms with Crippen LogP contribution in [0.15, 0.2) is 23.1 Å². The smallest absolute Gasteiger partial charge is 0.310 e. The largest absolute Gasteiger partial charge is 0.379 e. The number of sulfone groups is 1. The average Bonchev–Trinajstić information content (AvgIpc) is 3.20. The van der Waals surface area contributed by atoms with E-state index in [1.807, 2.05) is 0 Å². The van der Waals surface area contributed by atoms with Crippen LogP contribution in [0.2, 0.25) is 0 Å². The summed E-state index contributed by atoms with van der Waals surface area (Å²) < 4.78 is 23.3. The Morgan fingerprint density at radius 1 is 1.33 bits per heavy atom. The molecule has 0 radical (unpaired) electrons. The van der Waals surface area contributed by atoms with Crippen LogP contribution in [-0.4, -0.2) is 38.7 Å². The topological polar surface area (TPSA) is 101 Å². The van der Waals surface area contributed by atoms with Gasteiger partial charge >= 0.3 is 5.69 Å². The van der Waals surface area contributed by atoms with Gasteiger partial charge in [0.1, 0.15) is 10.6 Å². The van der Waals surface area contributed by atoms with E-state index in [-0.39, 0.29) is 16.3 Å². The number of anilines is 1. The Balaban J connectivity index is 2.05. The molecule has 1 aliphatic rings. The molecular weight excluding hydrogens is 294 g/mol. The van der Waals surface area contributed by atoms with E-state index >= 15 is 0 Å². The predicted octanol–water partition coefficient (Wildman–Crippen LogP) is 1.55. The third kappa shape index (κ3) is 4.40. The second kappa shape index (κ2) is 6.40. The summed E-state index contributed by atoms with van der Waals surface area (Å²) in [6, 6.07) is 4.93. The van der Waals surface area contributed by atoms with Crippen molar-refractivity contribution in [3.63, 3.8) is 0 Å². The van der Waals surface area contributed by atoms with Crippen molar-refractivity contribution in [2.45, 2.75) is 30.2 Å². The van der Waals surface area contributed by atoms with Gasteiger partial charge in [-0.25, -0.2) is 8.42 Å². The first-order valence-electron chi connectivity index (χ1n) is 6.84. The SMILES string of the molecule is CS(=O)(=O)c1cccc(NCCCNC2CC2)c1[N+](=O)[O-]. The van der Waals surface area contributed by atoms with E-state index in [0.717, 1.165) is 19.2 Å². The third-order valence-corrected chi connectivity index (χ3v) is 4.39. The predicted molar refractivity (Wildman–Crippen MR) is 80.3 cm³/mol. The summed E-state index contributed by atoms with van der Waals surface area (Å²) in [6.45, 7) is 1.39. The van der Waals surface area contributed by atoms with Crippen LogP contribution in [0, 0.1) is 10.1 Å². The van der Waals surface area contributed by atoms with E-state index in [9.17, 15) is 18.5 Å². The molecule has 1 aromatic carbocycles.